The molecule has 0 atom stereocenters. The van der Waals surface area contributed by atoms with E-state index in [4.69, 9.17) is 0 Å². The average molecular weight is 217 g/mol. The van der Waals surface area contributed by atoms with Crippen molar-refractivity contribution in [2.75, 3.05) is 0 Å². The number of amides is 1. The first kappa shape index (κ1) is 9.21. The van der Waals surface area contributed by atoms with Crippen LogP contribution >= 0.6 is 0 Å². The van der Waals surface area contributed by atoms with Crippen molar-refractivity contribution in [1.82, 2.24) is 15.3 Å². The number of carbonyl (C=O) groups is 1. The Balaban J connectivity index is 2.07. The second-order valence-corrected chi connectivity index (χ2v) is 4.05. The van der Waals surface area contributed by atoms with Gasteiger partial charge in [0, 0.05) is 6.04 Å². The summed E-state index contributed by atoms with van der Waals surface area (Å²) in [6.07, 6.45) is 2.09. The fourth-order valence-electron chi connectivity index (χ4n) is 1.74. The number of hydrogen-bond donors (Lipinski definition) is 3. The molecule has 82 valence electrons. The van der Waals surface area contributed by atoms with Gasteiger partial charge < -0.3 is 15.3 Å². The molecule has 1 aliphatic rings. The molecule has 0 radical (unpaired) electrons. The minimum absolute atomic E-state index is 0.122. The van der Waals surface area contributed by atoms with Gasteiger partial charge in [-0.15, -0.1) is 0 Å². The molecule has 1 heterocycles. The van der Waals surface area contributed by atoms with Crippen molar-refractivity contribution in [3.63, 3.8) is 0 Å². The Morgan fingerprint density at radius 3 is 2.88 bits per heavy atom. The molecule has 0 unspecified atom stereocenters. The molecule has 1 saturated carbocycles. The number of rotatable bonds is 2. The topological polar surface area (TPSA) is 77.8 Å². The Hall–Kier alpha value is -2.04. The molecule has 0 saturated heterocycles. The van der Waals surface area contributed by atoms with E-state index >= 15 is 0 Å². The maximum absolute atomic E-state index is 11.9. The molecule has 0 aliphatic heterocycles. The van der Waals surface area contributed by atoms with E-state index in [1.165, 1.54) is 0 Å². The summed E-state index contributed by atoms with van der Waals surface area (Å²) in [4.78, 5) is 28.3. The third-order valence-electron chi connectivity index (χ3n) is 2.71. The van der Waals surface area contributed by atoms with Crippen LogP contribution < -0.4 is 11.0 Å². The van der Waals surface area contributed by atoms with Crippen molar-refractivity contribution in [3.05, 3.63) is 34.2 Å². The molecule has 1 aromatic carbocycles. The van der Waals surface area contributed by atoms with Crippen LogP contribution in [0.25, 0.3) is 11.0 Å². The molecule has 3 rings (SSSR count). The van der Waals surface area contributed by atoms with Crippen LogP contribution in [0.5, 0.6) is 0 Å². The van der Waals surface area contributed by atoms with Crippen LogP contribution in [-0.2, 0) is 0 Å². The third kappa shape index (κ3) is 1.50. The molecular weight excluding hydrogens is 206 g/mol. The van der Waals surface area contributed by atoms with Crippen molar-refractivity contribution in [2.24, 2.45) is 0 Å². The highest BCUT2D eigenvalue weighted by atomic mass is 16.2. The summed E-state index contributed by atoms with van der Waals surface area (Å²) in [5.74, 6) is -0.122. The first-order valence-electron chi connectivity index (χ1n) is 5.26. The first-order chi connectivity index (χ1) is 7.74. The molecule has 1 fully saturated rings. The Morgan fingerprint density at radius 1 is 1.31 bits per heavy atom. The van der Waals surface area contributed by atoms with Gasteiger partial charge in [-0.05, 0) is 25.0 Å². The van der Waals surface area contributed by atoms with E-state index in [1.54, 1.807) is 18.2 Å². The number of hydrogen-bond acceptors (Lipinski definition) is 2. The van der Waals surface area contributed by atoms with E-state index in [9.17, 15) is 9.59 Å². The lowest BCUT2D eigenvalue weighted by Gasteiger charge is -2.03. The lowest BCUT2D eigenvalue weighted by atomic mass is 10.1. The van der Waals surface area contributed by atoms with Gasteiger partial charge in [-0.1, -0.05) is 6.07 Å². The second-order valence-electron chi connectivity index (χ2n) is 4.05. The Morgan fingerprint density at radius 2 is 2.12 bits per heavy atom. The van der Waals surface area contributed by atoms with Crippen LogP contribution in [0.4, 0.5) is 0 Å². The number of carbonyl (C=O) groups excluding carboxylic acids is 1. The van der Waals surface area contributed by atoms with Gasteiger partial charge in [0.2, 0.25) is 0 Å². The molecule has 16 heavy (non-hydrogen) atoms. The van der Waals surface area contributed by atoms with E-state index in [0.717, 1.165) is 12.8 Å². The zero-order valence-corrected chi connectivity index (χ0v) is 8.54. The highest BCUT2D eigenvalue weighted by molar-refractivity contribution is 6.04. The summed E-state index contributed by atoms with van der Waals surface area (Å²) in [7, 11) is 0. The maximum atomic E-state index is 11.9. The third-order valence-corrected chi connectivity index (χ3v) is 2.71. The van der Waals surface area contributed by atoms with E-state index in [-0.39, 0.29) is 11.6 Å². The highest BCUT2D eigenvalue weighted by Crippen LogP contribution is 2.20. The van der Waals surface area contributed by atoms with Gasteiger partial charge in [-0.3, -0.25) is 4.79 Å². The standard InChI is InChI=1S/C11H11N3O2/c15-10(12-6-4-5-6)7-2-1-3-8-9(7)14-11(16)13-8/h1-3,6H,4-5H2,(H,12,15)(H2,13,14,16). The van der Waals surface area contributed by atoms with Crippen molar-refractivity contribution >= 4 is 16.9 Å². The summed E-state index contributed by atoms with van der Waals surface area (Å²) >= 11 is 0. The minimum atomic E-state index is -0.290. The van der Waals surface area contributed by atoms with Gasteiger partial charge in [-0.25, -0.2) is 4.79 Å². The van der Waals surface area contributed by atoms with Gasteiger partial charge >= 0.3 is 5.69 Å². The van der Waals surface area contributed by atoms with Crippen LogP contribution in [0.15, 0.2) is 23.0 Å². The first-order valence-corrected chi connectivity index (χ1v) is 5.26. The monoisotopic (exact) mass is 217 g/mol. The minimum Gasteiger partial charge on any atom is -0.349 e. The lowest BCUT2D eigenvalue weighted by molar-refractivity contribution is 0.0952. The van der Waals surface area contributed by atoms with Crippen molar-refractivity contribution in [1.29, 1.82) is 0 Å². The van der Waals surface area contributed by atoms with E-state index in [1.807, 2.05) is 0 Å². The number of imidazole rings is 1. The smallest absolute Gasteiger partial charge is 0.323 e. The van der Waals surface area contributed by atoms with E-state index < -0.39 is 0 Å². The van der Waals surface area contributed by atoms with E-state index in [0.29, 0.717) is 22.6 Å². The summed E-state index contributed by atoms with van der Waals surface area (Å²) in [5.41, 5.74) is 1.46. The van der Waals surface area contributed by atoms with Crippen LogP contribution in [0, 0.1) is 0 Å². The summed E-state index contributed by atoms with van der Waals surface area (Å²) in [6.45, 7) is 0. The van der Waals surface area contributed by atoms with Gasteiger partial charge in [0.25, 0.3) is 5.91 Å². The maximum Gasteiger partial charge on any atom is 0.323 e. The summed E-state index contributed by atoms with van der Waals surface area (Å²) < 4.78 is 0. The van der Waals surface area contributed by atoms with Crippen molar-refractivity contribution in [2.45, 2.75) is 18.9 Å². The molecule has 3 N–H and O–H groups in total. The average Bonchev–Trinajstić information content (AvgIpc) is 2.96. The predicted octanol–water partition coefficient (Wildman–Crippen LogP) is 0.748. The summed E-state index contributed by atoms with van der Waals surface area (Å²) in [5, 5.41) is 2.90. The Labute approximate surface area is 90.9 Å². The lowest BCUT2D eigenvalue weighted by Crippen LogP contribution is -2.25. The number of fused-ring (bicyclic) bond motifs is 1. The predicted molar refractivity (Wildman–Crippen MR) is 59.4 cm³/mol. The number of para-hydroxylation sites is 1. The van der Waals surface area contributed by atoms with Gasteiger partial charge in [-0.2, -0.15) is 0 Å². The van der Waals surface area contributed by atoms with Gasteiger partial charge in [0.1, 0.15) is 0 Å². The molecule has 0 spiro atoms. The second kappa shape index (κ2) is 3.23. The summed E-state index contributed by atoms with van der Waals surface area (Å²) in [6, 6.07) is 5.55. The number of aromatic amines is 2. The highest BCUT2D eigenvalue weighted by Gasteiger charge is 2.24. The fraction of sp³-hybridized carbons (Fsp3) is 0.273. The van der Waals surface area contributed by atoms with Crippen molar-refractivity contribution < 1.29 is 4.79 Å². The van der Waals surface area contributed by atoms with Crippen molar-refractivity contribution in [3.8, 4) is 0 Å². The number of H-pyrrole nitrogens is 2. The van der Waals surface area contributed by atoms with Gasteiger partial charge in [0.05, 0.1) is 16.6 Å². The molecule has 0 bridgehead atoms. The normalized spacial score (nSPS) is 15.2. The van der Waals surface area contributed by atoms with Crippen LogP contribution in [-0.4, -0.2) is 21.9 Å². The van der Waals surface area contributed by atoms with Crippen LogP contribution in [0.3, 0.4) is 0 Å². The SMILES string of the molecule is O=C(NC1CC1)c1cccc2[nH]c(=O)[nH]c12. The zero-order chi connectivity index (χ0) is 11.1. The molecule has 1 aromatic heterocycles. The van der Waals surface area contributed by atoms with Gasteiger partial charge in [0.15, 0.2) is 0 Å². The quantitative estimate of drug-likeness (QED) is 0.694. The number of nitrogens with one attached hydrogen (secondary N) is 3. The Kier molecular flexibility index (Phi) is 1.86. The fourth-order valence-corrected chi connectivity index (χ4v) is 1.74. The Bertz CT molecular complexity index is 607. The largest absolute Gasteiger partial charge is 0.349 e. The zero-order valence-electron chi connectivity index (χ0n) is 8.54. The molecule has 5 nitrogen and oxygen atoms in total. The van der Waals surface area contributed by atoms with Crippen LogP contribution in [0.1, 0.15) is 23.2 Å². The molecule has 1 amide bonds. The molecule has 2 aromatic rings. The molecule has 1 aliphatic carbocycles. The van der Waals surface area contributed by atoms with Crippen LogP contribution in [0.2, 0.25) is 0 Å². The molecular formula is C11H11N3O2. The molecule has 5 heteroatoms. The number of benzene rings is 1. The number of aromatic nitrogens is 2. The van der Waals surface area contributed by atoms with E-state index in [2.05, 4.69) is 15.3 Å².